The van der Waals surface area contributed by atoms with Crippen molar-refractivity contribution in [2.24, 2.45) is 5.73 Å². The fourth-order valence-corrected chi connectivity index (χ4v) is 2.86. The predicted octanol–water partition coefficient (Wildman–Crippen LogP) is 3.73. The van der Waals surface area contributed by atoms with Gasteiger partial charge >= 0.3 is 0 Å². The summed E-state index contributed by atoms with van der Waals surface area (Å²) in [6.07, 6.45) is 2.10. The van der Waals surface area contributed by atoms with Crippen LogP contribution in [-0.2, 0) is 17.0 Å². The van der Waals surface area contributed by atoms with Crippen molar-refractivity contribution in [1.82, 2.24) is 0 Å². The molecule has 1 atom stereocenters. The van der Waals surface area contributed by atoms with Gasteiger partial charge in [0.2, 0.25) is 0 Å². The van der Waals surface area contributed by atoms with Crippen molar-refractivity contribution in [2.75, 3.05) is 5.75 Å². The Morgan fingerprint density at radius 1 is 1.29 bits per heavy atom. The minimum atomic E-state index is -0.515. The minimum absolute atomic E-state index is 0. The lowest BCUT2D eigenvalue weighted by Crippen LogP contribution is -2.34. The monoisotopic (exact) mass is 345 g/mol. The smallest absolute Gasteiger partial charge is 0.159 e. The molecule has 0 saturated heterocycles. The van der Waals surface area contributed by atoms with Gasteiger partial charge in [0.1, 0.15) is 5.76 Å². The van der Waals surface area contributed by atoms with Gasteiger partial charge in [-0.25, -0.2) is 0 Å². The minimum Gasteiger partial charge on any atom is -0.468 e. The fourth-order valence-electron chi connectivity index (χ4n) is 1.77. The lowest BCUT2D eigenvalue weighted by atomic mass is 10.0. The van der Waals surface area contributed by atoms with E-state index >= 15 is 0 Å². The van der Waals surface area contributed by atoms with E-state index in [1.54, 1.807) is 12.3 Å². The zero-order chi connectivity index (χ0) is 14.4. The molecule has 1 heterocycles. The summed E-state index contributed by atoms with van der Waals surface area (Å²) in [6, 6.07) is 10.7. The second-order valence-corrected chi connectivity index (χ2v) is 5.83. The van der Waals surface area contributed by atoms with Crippen LogP contribution < -0.4 is 5.73 Å². The van der Waals surface area contributed by atoms with Crippen LogP contribution in [0.5, 0.6) is 0 Å². The van der Waals surface area contributed by atoms with Crippen LogP contribution in [0.15, 0.2) is 47.1 Å². The molecule has 0 aliphatic heterocycles. The zero-order valence-electron chi connectivity index (χ0n) is 11.3. The predicted molar refractivity (Wildman–Crippen MR) is 90.3 cm³/mol. The van der Waals surface area contributed by atoms with E-state index in [2.05, 4.69) is 0 Å². The highest BCUT2D eigenvalue weighted by atomic mass is 35.5. The van der Waals surface area contributed by atoms with Gasteiger partial charge in [-0.05, 0) is 30.2 Å². The van der Waals surface area contributed by atoms with Crippen molar-refractivity contribution in [3.8, 4) is 0 Å². The number of halogens is 2. The third-order valence-electron chi connectivity index (χ3n) is 2.88. The van der Waals surface area contributed by atoms with Crippen LogP contribution in [0.1, 0.15) is 11.3 Å². The molecular weight excluding hydrogens is 329 g/mol. The average Bonchev–Trinajstić information content (AvgIpc) is 2.94. The molecule has 0 bridgehead atoms. The molecule has 0 saturated carbocycles. The summed E-state index contributed by atoms with van der Waals surface area (Å²) < 4.78 is 5.21. The molecule has 2 rings (SSSR count). The van der Waals surface area contributed by atoms with Crippen molar-refractivity contribution < 1.29 is 9.21 Å². The Kier molecular flexibility index (Phi) is 7.89. The number of thioether (sulfide) groups is 1. The van der Waals surface area contributed by atoms with E-state index in [1.165, 1.54) is 11.8 Å². The Bertz CT molecular complexity index is 561. The van der Waals surface area contributed by atoms with Gasteiger partial charge in [-0.1, -0.05) is 29.8 Å². The molecule has 21 heavy (non-hydrogen) atoms. The van der Waals surface area contributed by atoms with Gasteiger partial charge in [0.05, 0.1) is 23.8 Å². The number of hydrogen-bond acceptors (Lipinski definition) is 4. The van der Waals surface area contributed by atoms with Crippen LogP contribution >= 0.6 is 35.8 Å². The van der Waals surface area contributed by atoms with Gasteiger partial charge in [0, 0.05) is 5.02 Å². The van der Waals surface area contributed by atoms with Crippen molar-refractivity contribution in [3.63, 3.8) is 0 Å². The average molecular weight is 346 g/mol. The van der Waals surface area contributed by atoms with Gasteiger partial charge in [-0.3, -0.25) is 4.79 Å². The topological polar surface area (TPSA) is 56.2 Å². The number of nitrogens with two attached hydrogens (primary N) is 1. The summed E-state index contributed by atoms with van der Waals surface area (Å²) in [5.74, 6) is 1.95. The standard InChI is InChI=1S/C15H16ClNO2S.ClH/c16-13-6-2-1-4-11(13)8-14(17)15(18)10-20-9-12-5-3-7-19-12;/h1-7,14H,8-10,17H2;1H/t14-;/m0./s1. The number of ketones is 1. The molecule has 114 valence electrons. The molecule has 6 heteroatoms. The van der Waals surface area contributed by atoms with Gasteiger partial charge in [-0.15, -0.1) is 24.2 Å². The molecule has 2 N–H and O–H groups in total. The lowest BCUT2D eigenvalue weighted by Gasteiger charge is -2.11. The Morgan fingerprint density at radius 2 is 2.05 bits per heavy atom. The Labute approximate surface area is 139 Å². The summed E-state index contributed by atoms with van der Waals surface area (Å²) in [5.41, 5.74) is 6.84. The first kappa shape index (κ1) is 18.1. The molecule has 2 aromatic rings. The van der Waals surface area contributed by atoms with Gasteiger partial charge in [-0.2, -0.15) is 0 Å². The highest BCUT2D eigenvalue weighted by Gasteiger charge is 2.15. The molecule has 0 unspecified atom stereocenters. The number of carbonyl (C=O) groups is 1. The molecule has 0 aliphatic carbocycles. The van der Waals surface area contributed by atoms with Crippen molar-refractivity contribution in [2.45, 2.75) is 18.2 Å². The molecule has 0 fully saturated rings. The van der Waals surface area contributed by atoms with Gasteiger partial charge in [0.15, 0.2) is 5.78 Å². The van der Waals surface area contributed by atoms with Gasteiger partial charge < -0.3 is 10.2 Å². The second-order valence-electron chi connectivity index (χ2n) is 4.44. The van der Waals surface area contributed by atoms with E-state index in [1.807, 2.05) is 30.3 Å². The van der Waals surface area contributed by atoms with Gasteiger partial charge in [0.25, 0.3) is 0 Å². The van der Waals surface area contributed by atoms with E-state index in [4.69, 9.17) is 21.8 Å². The van der Waals surface area contributed by atoms with Crippen LogP contribution in [-0.4, -0.2) is 17.6 Å². The van der Waals surface area contributed by atoms with E-state index in [0.717, 1.165) is 11.3 Å². The molecule has 0 spiro atoms. The first-order valence-corrected chi connectivity index (χ1v) is 7.82. The molecule has 3 nitrogen and oxygen atoms in total. The Morgan fingerprint density at radius 3 is 2.71 bits per heavy atom. The molecule has 0 radical (unpaired) electrons. The van der Waals surface area contributed by atoms with Crippen molar-refractivity contribution in [1.29, 1.82) is 0 Å². The first-order valence-electron chi connectivity index (χ1n) is 6.28. The molecular formula is C15H17Cl2NO2S. The molecule has 0 amide bonds. The van der Waals surface area contributed by atoms with Crippen LogP contribution in [0.3, 0.4) is 0 Å². The van der Waals surface area contributed by atoms with Crippen LogP contribution in [0.2, 0.25) is 5.02 Å². The summed E-state index contributed by atoms with van der Waals surface area (Å²) in [7, 11) is 0. The largest absolute Gasteiger partial charge is 0.468 e. The van der Waals surface area contributed by atoms with E-state index in [-0.39, 0.29) is 18.2 Å². The normalized spacial score (nSPS) is 11.7. The third-order valence-corrected chi connectivity index (χ3v) is 4.23. The summed E-state index contributed by atoms with van der Waals surface area (Å²) >= 11 is 7.57. The maximum absolute atomic E-state index is 12.0. The number of Topliss-reactive ketones (excluding diaryl/α,β-unsaturated/α-hetero) is 1. The zero-order valence-corrected chi connectivity index (χ0v) is 13.7. The van der Waals surface area contributed by atoms with E-state index in [9.17, 15) is 4.79 Å². The number of furan rings is 1. The summed E-state index contributed by atoms with van der Waals surface area (Å²) in [6.45, 7) is 0. The van der Waals surface area contributed by atoms with Crippen molar-refractivity contribution >= 4 is 41.6 Å². The van der Waals surface area contributed by atoms with Crippen molar-refractivity contribution in [3.05, 3.63) is 59.0 Å². The fraction of sp³-hybridized carbons (Fsp3) is 0.267. The number of carbonyl (C=O) groups excluding carboxylic acids is 1. The van der Waals surface area contributed by atoms with Crippen LogP contribution in [0.4, 0.5) is 0 Å². The SMILES string of the molecule is Cl.N[C@@H](Cc1ccccc1Cl)C(=O)CSCc1ccco1. The highest BCUT2D eigenvalue weighted by molar-refractivity contribution is 7.99. The van der Waals surface area contributed by atoms with Crippen LogP contribution in [0.25, 0.3) is 0 Å². The number of rotatable bonds is 7. The molecule has 1 aromatic carbocycles. The molecule has 1 aromatic heterocycles. The summed E-state index contributed by atoms with van der Waals surface area (Å²) in [4.78, 5) is 12.0. The lowest BCUT2D eigenvalue weighted by molar-refractivity contribution is -0.117. The quantitative estimate of drug-likeness (QED) is 0.830. The Balaban J connectivity index is 0.00000220. The first-order chi connectivity index (χ1) is 9.66. The third kappa shape index (κ3) is 5.75. The van der Waals surface area contributed by atoms with Crippen LogP contribution in [0, 0.1) is 0 Å². The Hall–Kier alpha value is -0.940. The highest BCUT2D eigenvalue weighted by Crippen LogP contribution is 2.17. The maximum Gasteiger partial charge on any atom is 0.159 e. The second kappa shape index (κ2) is 9.15. The number of benzene rings is 1. The summed E-state index contributed by atoms with van der Waals surface area (Å²) in [5, 5.41) is 0.652. The van der Waals surface area contributed by atoms with E-state index < -0.39 is 6.04 Å². The number of hydrogen-bond donors (Lipinski definition) is 1. The maximum atomic E-state index is 12.0. The van der Waals surface area contributed by atoms with E-state index in [0.29, 0.717) is 22.9 Å². The molecule has 0 aliphatic rings.